The van der Waals surface area contributed by atoms with Crippen molar-refractivity contribution in [3.63, 3.8) is 0 Å². The van der Waals surface area contributed by atoms with E-state index in [0.29, 0.717) is 26.3 Å². The van der Waals surface area contributed by atoms with Crippen molar-refractivity contribution in [2.45, 2.75) is 18.8 Å². The van der Waals surface area contributed by atoms with Gasteiger partial charge in [0.05, 0.1) is 18.6 Å². The van der Waals surface area contributed by atoms with Crippen molar-refractivity contribution < 1.29 is 9.53 Å². The van der Waals surface area contributed by atoms with Gasteiger partial charge >= 0.3 is 0 Å². The summed E-state index contributed by atoms with van der Waals surface area (Å²) in [4.78, 5) is 20.5. The lowest BCUT2D eigenvalue weighted by molar-refractivity contribution is -0.135. The zero-order valence-corrected chi connectivity index (χ0v) is 19.6. The van der Waals surface area contributed by atoms with Gasteiger partial charge in [0.25, 0.3) is 0 Å². The first-order valence-electron chi connectivity index (χ1n) is 12.0. The van der Waals surface area contributed by atoms with Gasteiger partial charge in [-0.2, -0.15) is 0 Å². The second-order valence-corrected chi connectivity index (χ2v) is 9.27. The number of hydrogen-bond donors (Lipinski definition) is 0. The number of ether oxygens (including phenoxy) is 1. The Hall–Kier alpha value is -3.50. The predicted molar refractivity (Wildman–Crippen MR) is 136 cm³/mol. The van der Waals surface area contributed by atoms with Crippen LogP contribution in [-0.4, -0.2) is 42.1 Å². The number of aromatic nitrogens is 1. The molecule has 4 heteroatoms. The molecule has 5 rings (SSSR count). The molecule has 0 spiro atoms. The van der Waals surface area contributed by atoms with Crippen LogP contribution in [0.25, 0.3) is 10.8 Å². The highest BCUT2D eigenvalue weighted by Gasteiger charge is 2.41. The van der Waals surface area contributed by atoms with Gasteiger partial charge in [0.1, 0.15) is 0 Å². The number of rotatable bonds is 5. The van der Waals surface area contributed by atoms with E-state index in [2.05, 4.69) is 60.4 Å². The molecule has 1 unspecified atom stereocenters. The third-order valence-electron chi connectivity index (χ3n) is 7.03. The number of carbonyl (C=O) groups is 1. The Morgan fingerprint density at radius 2 is 1.68 bits per heavy atom. The summed E-state index contributed by atoms with van der Waals surface area (Å²) < 4.78 is 5.99. The molecule has 34 heavy (non-hydrogen) atoms. The van der Waals surface area contributed by atoms with Gasteiger partial charge in [-0.25, -0.2) is 0 Å². The summed E-state index contributed by atoms with van der Waals surface area (Å²) in [5.74, 6) is 0.350. The predicted octanol–water partition coefficient (Wildman–Crippen LogP) is 5.26. The van der Waals surface area contributed by atoms with E-state index >= 15 is 0 Å². The molecular weight excluding hydrogens is 420 g/mol. The molecule has 0 saturated carbocycles. The molecular formula is C30H30N2O2. The molecule has 1 aromatic heterocycles. The smallest absolute Gasteiger partial charge is 0.237 e. The maximum atomic E-state index is 14.2. The maximum absolute atomic E-state index is 14.2. The average Bonchev–Trinajstić information content (AvgIpc) is 3.14. The first-order chi connectivity index (χ1) is 16.7. The number of fused-ring (bicyclic) bond motifs is 1. The van der Waals surface area contributed by atoms with Crippen molar-refractivity contribution >= 4 is 16.7 Å². The van der Waals surface area contributed by atoms with Crippen molar-refractivity contribution in [3.8, 4) is 0 Å². The Bertz CT molecular complexity index is 1210. The molecule has 2 heterocycles. The van der Waals surface area contributed by atoms with E-state index in [-0.39, 0.29) is 11.8 Å². The Morgan fingerprint density at radius 3 is 2.38 bits per heavy atom. The summed E-state index contributed by atoms with van der Waals surface area (Å²) in [5.41, 5.74) is 2.53. The standard InChI is InChI=1S/C30H30N2O2/c1-30(26-11-4-2-5-12-26,27-13-6-3-7-14-27)29(33)32-17-18-34-22-23(21-32)19-24-9-8-10-25-20-31-16-15-28(24)25/h2-16,20,23H,17-19,21-22H2,1H3. The highest BCUT2D eigenvalue weighted by atomic mass is 16.5. The van der Waals surface area contributed by atoms with Gasteiger partial charge in [0.15, 0.2) is 0 Å². The van der Waals surface area contributed by atoms with Crippen LogP contribution in [-0.2, 0) is 21.4 Å². The summed E-state index contributed by atoms with van der Waals surface area (Å²) in [6.45, 7) is 4.54. The Labute approximate surface area is 201 Å². The highest BCUT2D eigenvalue weighted by molar-refractivity contribution is 5.92. The minimum atomic E-state index is -0.761. The highest BCUT2D eigenvalue weighted by Crippen LogP contribution is 2.35. The fraction of sp³-hybridized carbons (Fsp3) is 0.267. The van der Waals surface area contributed by atoms with Gasteiger partial charge in [-0.05, 0) is 41.5 Å². The largest absolute Gasteiger partial charge is 0.379 e. The Morgan fingerprint density at radius 1 is 0.971 bits per heavy atom. The second-order valence-electron chi connectivity index (χ2n) is 9.27. The average molecular weight is 451 g/mol. The summed E-state index contributed by atoms with van der Waals surface area (Å²) in [5, 5.41) is 2.36. The van der Waals surface area contributed by atoms with Crippen molar-refractivity contribution in [1.29, 1.82) is 0 Å². The number of benzene rings is 3. The summed E-state index contributed by atoms with van der Waals surface area (Å²) in [6.07, 6.45) is 4.61. The summed E-state index contributed by atoms with van der Waals surface area (Å²) in [7, 11) is 0. The van der Waals surface area contributed by atoms with E-state index in [4.69, 9.17) is 4.74 Å². The van der Waals surface area contributed by atoms with Gasteiger partial charge in [0, 0.05) is 36.8 Å². The lowest BCUT2D eigenvalue weighted by Gasteiger charge is -2.36. The number of hydrogen-bond acceptors (Lipinski definition) is 3. The topological polar surface area (TPSA) is 42.4 Å². The SMILES string of the molecule is CC(C(=O)N1CCOCC(Cc2cccc3cnccc23)C1)(c1ccccc1)c1ccccc1. The molecule has 1 atom stereocenters. The molecule has 0 bridgehead atoms. The van der Waals surface area contributed by atoms with Crippen LogP contribution in [0, 0.1) is 5.92 Å². The van der Waals surface area contributed by atoms with Crippen molar-refractivity contribution in [1.82, 2.24) is 9.88 Å². The first kappa shape index (κ1) is 22.3. The minimum Gasteiger partial charge on any atom is -0.379 e. The van der Waals surface area contributed by atoms with Gasteiger partial charge in [-0.3, -0.25) is 9.78 Å². The monoisotopic (exact) mass is 450 g/mol. The van der Waals surface area contributed by atoms with Gasteiger partial charge < -0.3 is 9.64 Å². The van der Waals surface area contributed by atoms with Crippen LogP contribution >= 0.6 is 0 Å². The van der Waals surface area contributed by atoms with E-state index in [1.807, 2.05) is 53.7 Å². The Kier molecular flexibility index (Phi) is 6.41. The van der Waals surface area contributed by atoms with Crippen LogP contribution in [0.5, 0.6) is 0 Å². The first-order valence-corrected chi connectivity index (χ1v) is 12.0. The van der Waals surface area contributed by atoms with E-state index < -0.39 is 5.41 Å². The van der Waals surface area contributed by atoms with Gasteiger partial charge in [-0.15, -0.1) is 0 Å². The van der Waals surface area contributed by atoms with Crippen LogP contribution in [0.15, 0.2) is 97.3 Å². The molecule has 1 fully saturated rings. The molecule has 3 aromatic carbocycles. The van der Waals surface area contributed by atoms with E-state index in [0.717, 1.165) is 22.9 Å². The number of amides is 1. The quantitative estimate of drug-likeness (QED) is 0.417. The van der Waals surface area contributed by atoms with Crippen LogP contribution in [0.4, 0.5) is 0 Å². The fourth-order valence-electron chi connectivity index (χ4n) is 5.14. The van der Waals surface area contributed by atoms with E-state index in [9.17, 15) is 4.79 Å². The van der Waals surface area contributed by atoms with Gasteiger partial charge in [0.2, 0.25) is 5.91 Å². The zero-order chi connectivity index (χ0) is 23.4. The fourth-order valence-corrected chi connectivity index (χ4v) is 5.14. The van der Waals surface area contributed by atoms with Crippen LogP contribution in [0.2, 0.25) is 0 Å². The van der Waals surface area contributed by atoms with Crippen molar-refractivity contribution in [3.05, 3.63) is 114 Å². The van der Waals surface area contributed by atoms with Crippen molar-refractivity contribution in [2.24, 2.45) is 5.92 Å². The molecule has 0 aliphatic carbocycles. The molecule has 1 saturated heterocycles. The molecule has 4 nitrogen and oxygen atoms in total. The second kappa shape index (κ2) is 9.78. The van der Waals surface area contributed by atoms with Crippen molar-refractivity contribution in [2.75, 3.05) is 26.3 Å². The number of nitrogens with zero attached hydrogens (tertiary/aromatic N) is 2. The third kappa shape index (κ3) is 4.34. The molecule has 1 aliphatic rings. The van der Waals surface area contributed by atoms with E-state index in [1.165, 1.54) is 10.9 Å². The lowest BCUT2D eigenvalue weighted by Crippen LogP contribution is -2.48. The van der Waals surface area contributed by atoms with E-state index in [1.54, 1.807) is 0 Å². The molecule has 1 amide bonds. The molecule has 0 N–H and O–H groups in total. The number of pyridine rings is 1. The Balaban J connectivity index is 1.45. The number of carbonyl (C=O) groups excluding carboxylic acids is 1. The molecule has 1 aliphatic heterocycles. The zero-order valence-electron chi connectivity index (χ0n) is 19.6. The molecule has 172 valence electrons. The molecule has 0 radical (unpaired) electrons. The van der Waals surface area contributed by atoms with Crippen LogP contribution < -0.4 is 0 Å². The summed E-state index contributed by atoms with van der Waals surface area (Å²) in [6, 6.07) is 28.7. The van der Waals surface area contributed by atoms with Crippen LogP contribution in [0.1, 0.15) is 23.6 Å². The maximum Gasteiger partial charge on any atom is 0.237 e. The van der Waals surface area contributed by atoms with Gasteiger partial charge in [-0.1, -0.05) is 78.9 Å². The molecule has 4 aromatic rings. The normalized spacial score (nSPS) is 16.9. The third-order valence-corrected chi connectivity index (χ3v) is 7.03. The summed E-state index contributed by atoms with van der Waals surface area (Å²) >= 11 is 0. The van der Waals surface area contributed by atoms with Crippen LogP contribution in [0.3, 0.4) is 0 Å². The lowest BCUT2D eigenvalue weighted by atomic mass is 9.75. The minimum absolute atomic E-state index is 0.127.